The van der Waals surface area contributed by atoms with Crippen LogP contribution in [-0.2, 0) is 13.0 Å². The SMILES string of the molecule is Cc1cc(CC(C)N)ccc1N(C)Cc1ccc(Br)cc1. The van der Waals surface area contributed by atoms with Crippen molar-refractivity contribution in [2.24, 2.45) is 5.73 Å². The fraction of sp³-hybridized carbons (Fsp3) is 0.333. The van der Waals surface area contributed by atoms with E-state index < -0.39 is 0 Å². The molecule has 0 amide bonds. The van der Waals surface area contributed by atoms with Gasteiger partial charge >= 0.3 is 0 Å². The van der Waals surface area contributed by atoms with Crippen LogP contribution in [0.1, 0.15) is 23.6 Å². The molecule has 112 valence electrons. The highest BCUT2D eigenvalue weighted by atomic mass is 79.9. The van der Waals surface area contributed by atoms with Crippen LogP contribution in [0, 0.1) is 6.92 Å². The topological polar surface area (TPSA) is 29.3 Å². The molecule has 0 bridgehead atoms. The zero-order chi connectivity index (χ0) is 15.4. The zero-order valence-corrected chi connectivity index (χ0v) is 14.5. The average Bonchev–Trinajstić information content (AvgIpc) is 2.40. The lowest BCUT2D eigenvalue weighted by molar-refractivity contribution is 0.737. The monoisotopic (exact) mass is 346 g/mol. The van der Waals surface area contributed by atoms with E-state index in [4.69, 9.17) is 5.73 Å². The van der Waals surface area contributed by atoms with Gasteiger partial charge in [0.25, 0.3) is 0 Å². The van der Waals surface area contributed by atoms with Gasteiger partial charge in [0, 0.05) is 29.8 Å². The number of benzene rings is 2. The van der Waals surface area contributed by atoms with Crippen LogP contribution >= 0.6 is 15.9 Å². The molecule has 2 rings (SSSR count). The third-order valence-corrected chi connectivity index (χ3v) is 4.09. The molecule has 2 aromatic carbocycles. The van der Waals surface area contributed by atoms with Gasteiger partial charge < -0.3 is 10.6 Å². The predicted octanol–water partition coefficient (Wildman–Crippen LogP) is 4.28. The maximum atomic E-state index is 5.87. The Morgan fingerprint density at radius 2 is 1.71 bits per heavy atom. The summed E-state index contributed by atoms with van der Waals surface area (Å²) in [5.41, 5.74) is 11.1. The number of halogens is 1. The molecule has 21 heavy (non-hydrogen) atoms. The van der Waals surface area contributed by atoms with Crippen molar-refractivity contribution in [1.29, 1.82) is 0 Å². The normalized spacial score (nSPS) is 12.2. The first-order chi connectivity index (χ1) is 9.95. The minimum absolute atomic E-state index is 0.204. The van der Waals surface area contributed by atoms with Crippen LogP contribution in [0.4, 0.5) is 5.69 Å². The van der Waals surface area contributed by atoms with Gasteiger partial charge in [-0.1, -0.05) is 40.2 Å². The first-order valence-electron chi connectivity index (χ1n) is 7.26. The molecular formula is C18H23BrN2. The molecule has 0 saturated heterocycles. The quantitative estimate of drug-likeness (QED) is 0.875. The molecule has 2 aromatic rings. The highest BCUT2D eigenvalue weighted by molar-refractivity contribution is 9.10. The third kappa shape index (κ3) is 4.58. The van der Waals surface area contributed by atoms with Crippen LogP contribution in [-0.4, -0.2) is 13.1 Å². The first kappa shape index (κ1) is 16.1. The minimum atomic E-state index is 0.204. The van der Waals surface area contributed by atoms with E-state index in [9.17, 15) is 0 Å². The van der Waals surface area contributed by atoms with Crippen molar-refractivity contribution in [2.45, 2.75) is 32.9 Å². The van der Waals surface area contributed by atoms with Crippen LogP contribution in [0.2, 0.25) is 0 Å². The summed E-state index contributed by atoms with van der Waals surface area (Å²) in [6.07, 6.45) is 0.928. The average molecular weight is 347 g/mol. The van der Waals surface area contributed by atoms with E-state index in [1.807, 2.05) is 6.92 Å². The molecule has 0 fully saturated rings. The van der Waals surface area contributed by atoms with Crippen molar-refractivity contribution < 1.29 is 0 Å². The van der Waals surface area contributed by atoms with Crippen molar-refractivity contribution in [3.63, 3.8) is 0 Å². The van der Waals surface area contributed by atoms with E-state index in [0.717, 1.165) is 17.4 Å². The smallest absolute Gasteiger partial charge is 0.0426 e. The summed E-state index contributed by atoms with van der Waals surface area (Å²) in [6.45, 7) is 5.11. The van der Waals surface area contributed by atoms with Crippen molar-refractivity contribution in [3.8, 4) is 0 Å². The molecule has 0 aliphatic rings. The molecule has 0 radical (unpaired) electrons. The molecule has 2 nitrogen and oxygen atoms in total. The van der Waals surface area contributed by atoms with Crippen molar-refractivity contribution in [1.82, 2.24) is 0 Å². The number of nitrogens with zero attached hydrogens (tertiary/aromatic N) is 1. The number of aryl methyl sites for hydroxylation is 1. The molecule has 0 aliphatic heterocycles. The van der Waals surface area contributed by atoms with Gasteiger partial charge in [-0.15, -0.1) is 0 Å². The number of anilines is 1. The molecule has 0 saturated carbocycles. The van der Waals surface area contributed by atoms with Crippen molar-refractivity contribution in [2.75, 3.05) is 11.9 Å². The van der Waals surface area contributed by atoms with Gasteiger partial charge in [-0.2, -0.15) is 0 Å². The minimum Gasteiger partial charge on any atom is -0.370 e. The number of rotatable bonds is 5. The summed E-state index contributed by atoms with van der Waals surface area (Å²) >= 11 is 3.47. The van der Waals surface area contributed by atoms with Gasteiger partial charge in [-0.3, -0.25) is 0 Å². The number of hydrogen-bond donors (Lipinski definition) is 1. The molecule has 0 aromatic heterocycles. The predicted molar refractivity (Wildman–Crippen MR) is 94.8 cm³/mol. The Balaban J connectivity index is 2.11. The molecule has 2 N–H and O–H groups in total. The lowest BCUT2D eigenvalue weighted by atomic mass is 10.0. The Morgan fingerprint density at radius 3 is 2.29 bits per heavy atom. The highest BCUT2D eigenvalue weighted by Gasteiger charge is 2.07. The van der Waals surface area contributed by atoms with Gasteiger partial charge in [0.05, 0.1) is 0 Å². The van der Waals surface area contributed by atoms with Gasteiger partial charge in [0.1, 0.15) is 0 Å². The Hall–Kier alpha value is -1.32. The highest BCUT2D eigenvalue weighted by Crippen LogP contribution is 2.23. The second kappa shape index (κ2) is 7.10. The number of hydrogen-bond acceptors (Lipinski definition) is 2. The van der Waals surface area contributed by atoms with Gasteiger partial charge in [0.2, 0.25) is 0 Å². The van der Waals surface area contributed by atoms with E-state index in [2.05, 4.69) is 77.3 Å². The first-order valence-corrected chi connectivity index (χ1v) is 8.05. The lowest BCUT2D eigenvalue weighted by Crippen LogP contribution is -2.19. The van der Waals surface area contributed by atoms with Gasteiger partial charge in [-0.25, -0.2) is 0 Å². The van der Waals surface area contributed by atoms with Crippen LogP contribution in [0.3, 0.4) is 0 Å². The van der Waals surface area contributed by atoms with Gasteiger partial charge in [-0.05, 0) is 55.2 Å². The largest absolute Gasteiger partial charge is 0.370 e. The third-order valence-electron chi connectivity index (χ3n) is 3.56. The van der Waals surface area contributed by atoms with E-state index in [0.29, 0.717) is 0 Å². The molecule has 1 atom stereocenters. The zero-order valence-electron chi connectivity index (χ0n) is 12.9. The summed E-state index contributed by atoms with van der Waals surface area (Å²) in [5, 5.41) is 0. The van der Waals surface area contributed by atoms with Crippen LogP contribution in [0.25, 0.3) is 0 Å². The maximum Gasteiger partial charge on any atom is 0.0426 e. The number of nitrogens with two attached hydrogens (primary N) is 1. The summed E-state index contributed by atoms with van der Waals surface area (Å²) < 4.78 is 1.12. The fourth-order valence-corrected chi connectivity index (χ4v) is 2.86. The fourth-order valence-electron chi connectivity index (χ4n) is 2.59. The molecule has 0 aliphatic carbocycles. The Kier molecular flexibility index (Phi) is 5.43. The van der Waals surface area contributed by atoms with E-state index in [1.165, 1.54) is 22.4 Å². The van der Waals surface area contributed by atoms with Crippen LogP contribution in [0.15, 0.2) is 46.9 Å². The van der Waals surface area contributed by atoms with E-state index in [1.54, 1.807) is 0 Å². The standard InChI is InChI=1S/C18H23BrN2/c1-13-10-16(11-14(2)20)6-9-18(13)21(3)12-15-4-7-17(19)8-5-15/h4-10,14H,11-12,20H2,1-3H3. The second-order valence-electron chi connectivity index (χ2n) is 5.78. The molecule has 0 heterocycles. The summed E-state index contributed by atoms with van der Waals surface area (Å²) in [7, 11) is 2.13. The second-order valence-corrected chi connectivity index (χ2v) is 6.70. The molecule has 1 unspecified atom stereocenters. The van der Waals surface area contributed by atoms with Crippen molar-refractivity contribution >= 4 is 21.6 Å². The van der Waals surface area contributed by atoms with Crippen molar-refractivity contribution in [3.05, 3.63) is 63.6 Å². The maximum absolute atomic E-state index is 5.87. The van der Waals surface area contributed by atoms with Crippen LogP contribution in [0.5, 0.6) is 0 Å². The summed E-state index contributed by atoms with van der Waals surface area (Å²) in [4.78, 5) is 2.29. The van der Waals surface area contributed by atoms with Gasteiger partial charge in [0.15, 0.2) is 0 Å². The summed E-state index contributed by atoms with van der Waals surface area (Å²) in [6, 6.07) is 15.3. The Labute approximate surface area is 136 Å². The Morgan fingerprint density at radius 1 is 1.10 bits per heavy atom. The van der Waals surface area contributed by atoms with Crippen LogP contribution < -0.4 is 10.6 Å². The molecule has 0 spiro atoms. The Bertz CT molecular complexity index is 591. The molecular weight excluding hydrogens is 324 g/mol. The van der Waals surface area contributed by atoms with E-state index >= 15 is 0 Å². The lowest BCUT2D eigenvalue weighted by Gasteiger charge is -2.22. The van der Waals surface area contributed by atoms with E-state index in [-0.39, 0.29) is 6.04 Å². The summed E-state index contributed by atoms with van der Waals surface area (Å²) in [5.74, 6) is 0. The molecule has 3 heteroatoms.